The van der Waals surface area contributed by atoms with Crippen molar-refractivity contribution in [3.05, 3.63) is 34.6 Å². The fraction of sp³-hybridized carbons (Fsp3) is 0.609. The Labute approximate surface area is 210 Å². The molecule has 0 bridgehead atoms. The van der Waals surface area contributed by atoms with Gasteiger partial charge in [0.05, 0.1) is 29.0 Å². The van der Waals surface area contributed by atoms with Crippen LogP contribution >= 0.6 is 11.6 Å². The molecule has 190 valence electrons. The monoisotopic (exact) mass is 525 g/mol. The smallest absolute Gasteiger partial charge is 0.282 e. The van der Waals surface area contributed by atoms with Crippen molar-refractivity contribution in [3.8, 4) is 6.07 Å². The largest absolute Gasteiger partial charge is 0.348 e. The zero-order valence-corrected chi connectivity index (χ0v) is 21.1. The Morgan fingerprint density at radius 1 is 1.17 bits per heavy atom. The van der Waals surface area contributed by atoms with E-state index in [1.807, 2.05) is 0 Å². The van der Waals surface area contributed by atoms with Crippen LogP contribution in [0, 0.1) is 29.0 Å². The molecule has 3 aliphatic heterocycles. The second-order valence-electron chi connectivity index (χ2n) is 9.44. The number of hydrogen-bond acceptors (Lipinski definition) is 5. The first-order valence-corrected chi connectivity index (χ1v) is 13.6. The van der Waals surface area contributed by atoms with Gasteiger partial charge in [-0.05, 0) is 50.3 Å². The van der Waals surface area contributed by atoms with Gasteiger partial charge in [0.2, 0.25) is 11.8 Å². The van der Waals surface area contributed by atoms with Crippen LogP contribution in [0.25, 0.3) is 0 Å². The first-order chi connectivity index (χ1) is 16.6. The molecule has 3 heterocycles. The summed E-state index contributed by atoms with van der Waals surface area (Å²) in [7, 11) is -3.72. The van der Waals surface area contributed by atoms with Crippen LogP contribution in [-0.4, -0.2) is 72.5 Å². The molecule has 1 N–H and O–H groups in total. The number of amides is 2. The summed E-state index contributed by atoms with van der Waals surface area (Å²) in [6, 6.07) is 5.29. The third-order valence-electron chi connectivity index (χ3n) is 7.06. The number of carbonyl (C=O) groups excluding carboxylic acids is 2. The molecule has 1 aromatic carbocycles. The minimum Gasteiger partial charge on any atom is -0.348 e. The molecular formula is C23H29ClFN5O4S. The number of halogens is 2. The summed E-state index contributed by atoms with van der Waals surface area (Å²) in [5, 5.41) is 11.8. The van der Waals surface area contributed by atoms with Gasteiger partial charge in [-0.2, -0.15) is 22.3 Å². The van der Waals surface area contributed by atoms with Crippen molar-refractivity contribution in [3.63, 3.8) is 0 Å². The summed E-state index contributed by atoms with van der Waals surface area (Å²) in [4.78, 5) is 28.0. The van der Waals surface area contributed by atoms with Crippen molar-refractivity contribution in [1.82, 2.24) is 18.8 Å². The molecule has 0 saturated carbocycles. The van der Waals surface area contributed by atoms with Gasteiger partial charge in [0, 0.05) is 32.7 Å². The minimum absolute atomic E-state index is 0.00220. The van der Waals surface area contributed by atoms with E-state index in [1.54, 1.807) is 17.9 Å². The lowest BCUT2D eigenvalue weighted by atomic mass is 9.97. The molecular weight excluding hydrogens is 497 g/mol. The van der Waals surface area contributed by atoms with Gasteiger partial charge in [-0.15, -0.1) is 0 Å². The van der Waals surface area contributed by atoms with Gasteiger partial charge < -0.3 is 10.2 Å². The number of likely N-dealkylation sites (tertiary alicyclic amines) is 1. The molecule has 3 saturated heterocycles. The fourth-order valence-electron chi connectivity index (χ4n) is 4.94. The summed E-state index contributed by atoms with van der Waals surface area (Å²) in [6.07, 6.45) is 2.29. The summed E-state index contributed by atoms with van der Waals surface area (Å²) in [6.45, 7) is 2.92. The highest BCUT2D eigenvalue weighted by atomic mass is 35.5. The van der Waals surface area contributed by atoms with E-state index in [2.05, 4.69) is 11.4 Å². The van der Waals surface area contributed by atoms with Gasteiger partial charge in [0.25, 0.3) is 10.2 Å². The maximum Gasteiger partial charge on any atom is 0.282 e. The number of piperidine rings is 1. The Bertz CT molecular complexity index is 1140. The summed E-state index contributed by atoms with van der Waals surface area (Å²) in [5.74, 6) is -1.92. The quantitative estimate of drug-likeness (QED) is 0.610. The van der Waals surface area contributed by atoms with Crippen molar-refractivity contribution in [2.45, 2.75) is 44.7 Å². The Hall–Kier alpha value is -2.26. The SMILES string of the molecule is CC(NC(=O)[C@H]1CCCN1C(=O)[C@H]1CCCN(S(=O)(=O)N2CC(C#N)C2)C1)c1ccc(Cl)c(F)c1. The second kappa shape index (κ2) is 10.4. The molecule has 2 amide bonds. The van der Waals surface area contributed by atoms with Crippen LogP contribution in [-0.2, 0) is 19.8 Å². The highest BCUT2D eigenvalue weighted by Gasteiger charge is 2.44. The molecule has 3 aliphatic rings. The molecule has 9 nitrogen and oxygen atoms in total. The average Bonchev–Trinajstić information content (AvgIpc) is 3.29. The second-order valence-corrected chi connectivity index (χ2v) is 11.8. The highest BCUT2D eigenvalue weighted by molar-refractivity contribution is 7.86. The van der Waals surface area contributed by atoms with Crippen LogP contribution in [0.3, 0.4) is 0 Å². The van der Waals surface area contributed by atoms with E-state index in [0.29, 0.717) is 44.3 Å². The van der Waals surface area contributed by atoms with Crippen LogP contribution in [0.4, 0.5) is 4.39 Å². The van der Waals surface area contributed by atoms with Gasteiger partial charge in [-0.25, -0.2) is 4.39 Å². The first-order valence-electron chi connectivity index (χ1n) is 11.8. The Kier molecular flexibility index (Phi) is 7.66. The zero-order valence-electron chi connectivity index (χ0n) is 19.5. The van der Waals surface area contributed by atoms with Crippen LogP contribution in [0.1, 0.15) is 44.2 Å². The van der Waals surface area contributed by atoms with Crippen molar-refractivity contribution < 1.29 is 22.4 Å². The molecule has 0 aromatic heterocycles. The molecule has 12 heteroatoms. The van der Waals surface area contributed by atoms with E-state index >= 15 is 0 Å². The van der Waals surface area contributed by atoms with Crippen LogP contribution < -0.4 is 5.32 Å². The summed E-state index contributed by atoms with van der Waals surface area (Å²) >= 11 is 5.74. The molecule has 3 fully saturated rings. The zero-order chi connectivity index (χ0) is 25.3. The van der Waals surface area contributed by atoms with E-state index in [9.17, 15) is 22.4 Å². The average molecular weight is 526 g/mol. The molecule has 3 atom stereocenters. The van der Waals surface area contributed by atoms with E-state index in [4.69, 9.17) is 16.9 Å². The van der Waals surface area contributed by atoms with E-state index in [1.165, 1.54) is 20.7 Å². The van der Waals surface area contributed by atoms with Crippen LogP contribution in [0.5, 0.6) is 0 Å². The summed E-state index contributed by atoms with van der Waals surface area (Å²) < 4.78 is 42.2. The fourth-order valence-corrected chi connectivity index (χ4v) is 6.85. The Morgan fingerprint density at radius 3 is 2.57 bits per heavy atom. The Balaban J connectivity index is 1.39. The first kappa shape index (κ1) is 25.8. The van der Waals surface area contributed by atoms with Crippen molar-refractivity contribution in [2.75, 3.05) is 32.7 Å². The predicted molar refractivity (Wildman–Crippen MR) is 127 cm³/mol. The molecule has 0 spiro atoms. The number of carbonyl (C=O) groups is 2. The third-order valence-corrected chi connectivity index (χ3v) is 9.30. The lowest BCUT2D eigenvalue weighted by molar-refractivity contribution is -0.142. The normalized spacial score (nSPS) is 25.0. The summed E-state index contributed by atoms with van der Waals surface area (Å²) in [5.41, 5.74) is 0.564. The molecule has 1 unspecified atom stereocenters. The number of nitrogens with zero attached hydrogens (tertiary/aromatic N) is 4. The van der Waals surface area contributed by atoms with E-state index in [-0.39, 0.29) is 42.4 Å². The number of nitriles is 1. The topological polar surface area (TPSA) is 114 Å². The standard InChI is InChI=1S/C23H29ClFN5O4S/c1-15(17-6-7-19(24)20(25)10-17)27-22(31)21-5-3-9-30(21)23(32)18-4-2-8-28(14-18)35(33,34)29-12-16(11-26)13-29/h6-7,10,15-16,18,21H,2-5,8-9,12-14H2,1H3,(H,27,31)/t15?,18-,21+/m0/s1. The van der Waals surface area contributed by atoms with Crippen molar-refractivity contribution in [2.24, 2.45) is 11.8 Å². The third kappa shape index (κ3) is 5.31. The lowest BCUT2D eigenvalue weighted by Crippen LogP contribution is -2.57. The van der Waals surface area contributed by atoms with Gasteiger partial charge in [-0.1, -0.05) is 17.7 Å². The highest BCUT2D eigenvalue weighted by Crippen LogP contribution is 2.29. The number of nitrogens with one attached hydrogen (secondary N) is 1. The molecule has 4 rings (SSSR count). The molecule has 35 heavy (non-hydrogen) atoms. The van der Waals surface area contributed by atoms with Crippen LogP contribution in [0.2, 0.25) is 5.02 Å². The lowest BCUT2D eigenvalue weighted by Gasteiger charge is -2.41. The number of rotatable bonds is 6. The maximum atomic E-state index is 13.8. The van der Waals surface area contributed by atoms with Gasteiger partial charge >= 0.3 is 0 Å². The van der Waals surface area contributed by atoms with E-state index in [0.717, 1.165) is 0 Å². The Morgan fingerprint density at radius 2 is 1.89 bits per heavy atom. The predicted octanol–water partition coefficient (Wildman–Crippen LogP) is 2.06. The molecule has 0 aliphatic carbocycles. The molecule has 1 aromatic rings. The van der Waals surface area contributed by atoms with Gasteiger partial charge in [0.1, 0.15) is 11.9 Å². The van der Waals surface area contributed by atoms with Crippen molar-refractivity contribution in [1.29, 1.82) is 5.26 Å². The molecule has 0 radical (unpaired) electrons. The van der Waals surface area contributed by atoms with Gasteiger partial charge in [-0.3, -0.25) is 9.59 Å². The van der Waals surface area contributed by atoms with Crippen molar-refractivity contribution >= 4 is 33.6 Å². The van der Waals surface area contributed by atoms with Gasteiger partial charge in [0.15, 0.2) is 0 Å². The number of hydrogen-bond donors (Lipinski definition) is 1. The number of benzene rings is 1. The maximum absolute atomic E-state index is 13.8. The minimum atomic E-state index is -3.72. The van der Waals surface area contributed by atoms with Crippen LogP contribution in [0.15, 0.2) is 18.2 Å². The van der Waals surface area contributed by atoms with E-state index < -0.39 is 34.0 Å².